The molecule has 2 aromatic rings. The van der Waals surface area contributed by atoms with E-state index in [2.05, 4.69) is 0 Å². The van der Waals surface area contributed by atoms with Crippen molar-refractivity contribution in [2.75, 3.05) is 0 Å². The van der Waals surface area contributed by atoms with Crippen molar-refractivity contribution in [3.8, 4) is 5.75 Å². The molecule has 0 amide bonds. The summed E-state index contributed by atoms with van der Waals surface area (Å²) < 4.78 is 19.6. The number of thiocarbonyl (C=S) groups is 1. The maximum atomic E-state index is 14.1. The molecule has 0 unspecified atom stereocenters. The van der Waals surface area contributed by atoms with E-state index in [1.54, 1.807) is 18.2 Å². The Balaban J connectivity index is 2.16. The molecule has 0 bridgehead atoms. The second-order valence-electron chi connectivity index (χ2n) is 4.25. The van der Waals surface area contributed by atoms with Crippen LogP contribution in [0.4, 0.5) is 4.39 Å². The van der Waals surface area contributed by atoms with Gasteiger partial charge in [-0.2, -0.15) is 0 Å². The van der Waals surface area contributed by atoms with Crippen molar-refractivity contribution in [1.29, 1.82) is 0 Å². The van der Waals surface area contributed by atoms with Gasteiger partial charge in [-0.15, -0.1) is 0 Å². The minimum atomic E-state index is -0.414. The maximum absolute atomic E-state index is 14.1. The zero-order valence-electron chi connectivity index (χ0n) is 10.5. The summed E-state index contributed by atoms with van der Waals surface area (Å²) >= 11 is 4.80. The summed E-state index contributed by atoms with van der Waals surface area (Å²) in [5.41, 5.74) is 7.24. The highest BCUT2D eigenvalue weighted by atomic mass is 32.1. The fourth-order valence-corrected chi connectivity index (χ4v) is 1.91. The SMILES string of the molecule is Cc1cccc(OCc2cccc(C(N)=S)c2F)c1. The van der Waals surface area contributed by atoms with Gasteiger partial charge in [0, 0.05) is 11.1 Å². The van der Waals surface area contributed by atoms with Gasteiger partial charge >= 0.3 is 0 Å². The molecule has 0 aromatic heterocycles. The molecule has 19 heavy (non-hydrogen) atoms. The molecule has 0 atom stereocenters. The predicted octanol–water partition coefficient (Wildman–Crippen LogP) is 3.35. The fourth-order valence-electron chi connectivity index (χ4n) is 1.75. The molecule has 98 valence electrons. The Labute approximate surface area is 117 Å². The second kappa shape index (κ2) is 5.80. The first-order chi connectivity index (χ1) is 9.08. The number of halogens is 1. The van der Waals surface area contributed by atoms with Gasteiger partial charge < -0.3 is 10.5 Å². The molecule has 0 aliphatic carbocycles. The minimum absolute atomic E-state index is 0.0508. The summed E-state index contributed by atoms with van der Waals surface area (Å²) in [7, 11) is 0. The molecule has 0 radical (unpaired) electrons. The van der Waals surface area contributed by atoms with Crippen molar-refractivity contribution in [1.82, 2.24) is 0 Å². The van der Waals surface area contributed by atoms with Gasteiger partial charge in [-0.25, -0.2) is 4.39 Å². The summed E-state index contributed by atoms with van der Waals surface area (Å²) in [4.78, 5) is 0.0508. The third-order valence-corrected chi connectivity index (χ3v) is 2.95. The molecule has 0 heterocycles. The second-order valence-corrected chi connectivity index (χ2v) is 4.69. The number of aryl methyl sites for hydroxylation is 1. The van der Waals surface area contributed by atoms with Crippen molar-refractivity contribution in [2.45, 2.75) is 13.5 Å². The average molecular weight is 275 g/mol. The molecule has 4 heteroatoms. The molecule has 0 aliphatic heterocycles. The molecule has 0 aliphatic rings. The van der Waals surface area contributed by atoms with E-state index in [1.807, 2.05) is 31.2 Å². The topological polar surface area (TPSA) is 35.2 Å². The lowest BCUT2D eigenvalue weighted by Gasteiger charge is -2.09. The van der Waals surface area contributed by atoms with Gasteiger partial charge in [0.15, 0.2) is 0 Å². The molecule has 2 rings (SSSR count). The van der Waals surface area contributed by atoms with E-state index in [9.17, 15) is 4.39 Å². The highest BCUT2D eigenvalue weighted by molar-refractivity contribution is 7.80. The quantitative estimate of drug-likeness (QED) is 0.869. The summed E-state index contributed by atoms with van der Waals surface area (Å²) in [5.74, 6) is 0.294. The Morgan fingerprint density at radius 3 is 2.68 bits per heavy atom. The van der Waals surface area contributed by atoms with E-state index >= 15 is 0 Å². The van der Waals surface area contributed by atoms with Crippen LogP contribution in [0.25, 0.3) is 0 Å². The van der Waals surface area contributed by atoms with Crippen LogP contribution in [-0.2, 0) is 6.61 Å². The first kappa shape index (κ1) is 13.5. The summed E-state index contributed by atoms with van der Waals surface area (Å²) in [6.45, 7) is 2.12. The molecular formula is C15H14FNOS. The maximum Gasteiger partial charge on any atom is 0.139 e. The minimum Gasteiger partial charge on any atom is -0.489 e. The molecule has 0 saturated heterocycles. The van der Waals surface area contributed by atoms with E-state index in [0.717, 1.165) is 5.56 Å². The zero-order chi connectivity index (χ0) is 13.8. The number of rotatable bonds is 4. The lowest BCUT2D eigenvalue weighted by molar-refractivity contribution is 0.299. The lowest BCUT2D eigenvalue weighted by atomic mass is 10.1. The van der Waals surface area contributed by atoms with Crippen LogP contribution in [-0.4, -0.2) is 4.99 Å². The van der Waals surface area contributed by atoms with Crippen LogP contribution < -0.4 is 10.5 Å². The van der Waals surface area contributed by atoms with Crippen molar-refractivity contribution in [3.63, 3.8) is 0 Å². The van der Waals surface area contributed by atoms with E-state index in [4.69, 9.17) is 22.7 Å². The number of hydrogen-bond donors (Lipinski definition) is 1. The number of hydrogen-bond acceptors (Lipinski definition) is 2. The van der Waals surface area contributed by atoms with Gasteiger partial charge in [-0.3, -0.25) is 0 Å². The van der Waals surface area contributed by atoms with E-state index in [0.29, 0.717) is 11.3 Å². The van der Waals surface area contributed by atoms with Gasteiger partial charge in [-0.1, -0.05) is 36.5 Å². The molecular weight excluding hydrogens is 261 g/mol. The van der Waals surface area contributed by atoms with Crippen molar-refractivity contribution < 1.29 is 9.13 Å². The smallest absolute Gasteiger partial charge is 0.139 e. The third kappa shape index (κ3) is 3.29. The summed E-state index contributed by atoms with van der Waals surface area (Å²) in [6.07, 6.45) is 0. The Bertz CT molecular complexity index is 613. The molecule has 0 fully saturated rings. The predicted molar refractivity (Wildman–Crippen MR) is 77.8 cm³/mol. The van der Waals surface area contributed by atoms with E-state index in [-0.39, 0.29) is 17.2 Å². The number of benzene rings is 2. The molecule has 0 saturated carbocycles. The lowest BCUT2D eigenvalue weighted by Crippen LogP contribution is -2.13. The fraction of sp³-hybridized carbons (Fsp3) is 0.133. The van der Waals surface area contributed by atoms with Gasteiger partial charge in [0.1, 0.15) is 23.2 Å². The van der Waals surface area contributed by atoms with E-state index < -0.39 is 5.82 Å². The third-order valence-electron chi connectivity index (χ3n) is 2.73. The van der Waals surface area contributed by atoms with Crippen molar-refractivity contribution >= 4 is 17.2 Å². The first-order valence-corrected chi connectivity index (χ1v) is 6.25. The monoisotopic (exact) mass is 275 g/mol. The van der Waals surface area contributed by atoms with Crippen LogP contribution in [0.5, 0.6) is 5.75 Å². The van der Waals surface area contributed by atoms with Crippen LogP contribution >= 0.6 is 12.2 Å². The van der Waals surface area contributed by atoms with Gasteiger partial charge in [0.05, 0.1) is 0 Å². The van der Waals surface area contributed by atoms with Crippen LogP contribution in [0.1, 0.15) is 16.7 Å². The van der Waals surface area contributed by atoms with Crippen LogP contribution in [0.3, 0.4) is 0 Å². The van der Waals surface area contributed by atoms with Crippen LogP contribution in [0.15, 0.2) is 42.5 Å². The highest BCUT2D eigenvalue weighted by Crippen LogP contribution is 2.17. The van der Waals surface area contributed by atoms with Crippen LogP contribution in [0, 0.1) is 12.7 Å². The standard InChI is InChI=1S/C15H14FNOS/c1-10-4-2-6-12(8-10)18-9-11-5-3-7-13(14(11)16)15(17)19/h2-8H,9H2,1H3,(H2,17,19). The Hall–Kier alpha value is -1.94. The summed E-state index contributed by atoms with van der Waals surface area (Å²) in [5, 5.41) is 0. The number of nitrogens with two attached hydrogens (primary N) is 1. The average Bonchev–Trinajstić information content (AvgIpc) is 2.37. The number of ether oxygens (including phenoxy) is 1. The molecule has 2 N–H and O–H groups in total. The Kier molecular flexibility index (Phi) is 4.12. The molecule has 2 aromatic carbocycles. The Morgan fingerprint density at radius 1 is 1.26 bits per heavy atom. The Morgan fingerprint density at radius 2 is 2.00 bits per heavy atom. The highest BCUT2D eigenvalue weighted by Gasteiger charge is 2.10. The normalized spacial score (nSPS) is 10.2. The van der Waals surface area contributed by atoms with Crippen molar-refractivity contribution in [3.05, 3.63) is 65.0 Å². The zero-order valence-corrected chi connectivity index (χ0v) is 11.3. The molecule has 0 spiro atoms. The van der Waals surface area contributed by atoms with Gasteiger partial charge in [0.25, 0.3) is 0 Å². The van der Waals surface area contributed by atoms with Crippen LogP contribution in [0.2, 0.25) is 0 Å². The van der Waals surface area contributed by atoms with E-state index in [1.165, 1.54) is 0 Å². The van der Waals surface area contributed by atoms with Gasteiger partial charge in [0.2, 0.25) is 0 Å². The largest absolute Gasteiger partial charge is 0.489 e. The van der Waals surface area contributed by atoms with Gasteiger partial charge in [-0.05, 0) is 30.7 Å². The molecule has 2 nitrogen and oxygen atoms in total. The van der Waals surface area contributed by atoms with Crippen molar-refractivity contribution in [2.24, 2.45) is 5.73 Å². The first-order valence-electron chi connectivity index (χ1n) is 5.84. The summed E-state index contributed by atoms with van der Waals surface area (Å²) in [6, 6.07) is 12.5.